The van der Waals surface area contributed by atoms with Gasteiger partial charge in [-0.05, 0) is 55.8 Å². The lowest BCUT2D eigenvalue weighted by Crippen LogP contribution is -2.41. The van der Waals surface area contributed by atoms with E-state index in [1.165, 1.54) is 0 Å². The van der Waals surface area contributed by atoms with Crippen molar-refractivity contribution in [2.75, 3.05) is 0 Å². The van der Waals surface area contributed by atoms with Crippen molar-refractivity contribution in [3.05, 3.63) is 95.6 Å². The minimum Gasteiger partial charge on any atom is -0.490 e. The Labute approximate surface area is 175 Å². The van der Waals surface area contributed by atoms with Gasteiger partial charge in [-0.15, -0.1) is 0 Å². The molecule has 0 aliphatic rings. The van der Waals surface area contributed by atoms with Gasteiger partial charge in [0.1, 0.15) is 18.1 Å². The lowest BCUT2D eigenvalue weighted by Gasteiger charge is -2.14. The zero-order valence-corrected chi connectivity index (χ0v) is 16.9. The standard InChI is InChI=1S/C24H24N2O4/c1-17(2)30-22-11-7-6-10-21(22)24(28)26-25-23(27)19-12-14-20(15-13-19)29-16-18-8-4-3-5-9-18/h3-15,17H,16H2,1-2H3,(H,25,27)(H,26,28). The Morgan fingerprint density at radius 3 is 2.13 bits per heavy atom. The van der Waals surface area contributed by atoms with E-state index in [4.69, 9.17) is 9.47 Å². The number of amides is 2. The number of rotatable bonds is 7. The topological polar surface area (TPSA) is 76.7 Å². The summed E-state index contributed by atoms with van der Waals surface area (Å²) in [5.41, 5.74) is 6.64. The molecule has 0 bridgehead atoms. The summed E-state index contributed by atoms with van der Waals surface area (Å²) in [5.74, 6) is 0.223. The first-order chi connectivity index (χ1) is 14.5. The maximum Gasteiger partial charge on any atom is 0.273 e. The number of ether oxygens (including phenoxy) is 2. The molecule has 0 saturated carbocycles. The van der Waals surface area contributed by atoms with E-state index in [-0.39, 0.29) is 6.10 Å². The van der Waals surface area contributed by atoms with Crippen LogP contribution in [0.3, 0.4) is 0 Å². The van der Waals surface area contributed by atoms with Crippen molar-refractivity contribution in [1.29, 1.82) is 0 Å². The predicted octanol–water partition coefficient (Wildman–Crippen LogP) is 4.13. The molecule has 0 radical (unpaired) electrons. The maximum atomic E-state index is 12.4. The molecule has 0 aromatic heterocycles. The van der Waals surface area contributed by atoms with Crippen LogP contribution in [0.15, 0.2) is 78.9 Å². The molecule has 3 rings (SSSR count). The van der Waals surface area contributed by atoms with Gasteiger partial charge in [-0.25, -0.2) is 0 Å². The number of hydrazine groups is 1. The number of nitrogens with one attached hydrogen (secondary N) is 2. The smallest absolute Gasteiger partial charge is 0.273 e. The van der Waals surface area contributed by atoms with E-state index in [0.29, 0.717) is 29.2 Å². The summed E-state index contributed by atoms with van der Waals surface area (Å²) >= 11 is 0. The summed E-state index contributed by atoms with van der Waals surface area (Å²) in [5, 5.41) is 0. The Morgan fingerprint density at radius 2 is 1.43 bits per heavy atom. The normalized spacial score (nSPS) is 10.4. The maximum absolute atomic E-state index is 12.4. The van der Waals surface area contributed by atoms with Gasteiger partial charge in [-0.2, -0.15) is 0 Å². The van der Waals surface area contributed by atoms with Crippen molar-refractivity contribution in [3.63, 3.8) is 0 Å². The van der Waals surface area contributed by atoms with Gasteiger partial charge in [0.05, 0.1) is 11.7 Å². The fraction of sp³-hybridized carbons (Fsp3) is 0.167. The largest absolute Gasteiger partial charge is 0.490 e. The molecule has 0 spiro atoms. The zero-order valence-electron chi connectivity index (χ0n) is 16.9. The quantitative estimate of drug-likeness (QED) is 0.581. The third kappa shape index (κ3) is 5.85. The molecule has 6 heteroatoms. The van der Waals surface area contributed by atoms with Crippen molar-refractivity contribution in [3.8, 4) is 11.5 Å². The Bertz CT molecular complexity index is 986. The van der Waals surface area contributed by atoms with Gasteiger partial charge in [-0.1, -0.05) is 42.5 Å². The number of benzene rings is 3. The SMILES string of the molecule is CC(C)Oc1ccccc1C(=O)NNC(=O)c1ccc(OCc2ccccc2)cc1. The van der Waals surface area contributed by atoms with Crippen LogP contribution < -0.4 is 20.3 Å². The molecule has 3 aromatic carbocycles. The fourth-order valence-electron chi connectivity index (χ4n) is 2.71. The second kappa shape index (κ2) is 10.1. The molecular formula is C24H24N2O4. The van der Waals surface area contributed by atoms with E-state index in [9.17, 15) is 9.59 Å². The molecule has 30 heavy (non-hydrogen) atoms. The van der Waals surface area contributed by atoms with Crippen LogP contribution in [0.2, 0.25) is 0 Å². The lowest BCUT2D eigenvalue weighted by atomic mass is 10.2. The first-order valence-electron chi connectivity index (χ1n) is 9.66. The third-order valence-corrected chi connectivity index (χ3v) is 4.15. The molecule has 6 nitrogen and oxygen atoms in total. The Morgan fingerprint density at radius 1 is 0.800 bits per heavy atom. The molecule has 0 unspecified atom stereocenters. The molecule has 2 N–H and O–H groups in total. The Balaban J connectivity index is 1.54. The minimum atomic E-state index is -0.456. The van der Waals surface area contributed by atoms with Gasteiger partial charge in [0.2, 0.25) is 0 Å². The van der Waals surface area contributed by atoms with Crippen molar-refractivity contribution in [2.24, 2.45) is 0 Å². The molecule has 0 aliphatic heterocycles. The summed E-state index contributed by atoms with van der Waals surface area (Å²) < 4.78 is 11.4. The minimum absolute atomic E-state index is 0.0730. The van der Waals surface area contributed by atoms with E-state index in [1.807, 2.05) is 44.2 Å². The molecule has 0 aliphatic carbocycles. The molecule has 0 fully saturated rings. The van der Waals surface area contributed by atoms with Crippen molar-refractivity contribution in [2.45, 2.75) is 26.6 Å². The molecule has 0 atom stereocenters. The molecule has 0 heterocycles. The Kier molecular flexibility index (Phi) is 7.05. The number of hydrogen-bond donors (Lipinski definition) is 2. The van der Waals surface area contributed by atoms with Crippen LogP contribution in [0.1, 0.15) is 40.1 Å². The van der Waals surface area contributed by atoms with Gasteiger partial charge in [0.25, 0.3) is 11.8 Å². The van der Waals surface area contributed by atoms with Gasteiger partial charge < -0.3 is 9.47 Å². The monoisotopic (exact) mass is 404 g/mol. The van der Waals surface area contributed by atoms with Crippen molar-refractivity contribution < 1.29 is 19.1 Å². The molecule has 3 aromatic rings. The van der Waals surface area contributed by atoms with Crippen LogP contribution in [0, 0.1) is 0 Å². The number of hydrogen-bond acceptors (Lipinski definition) is 4. The van der Waals surface area contributed by atoms with Crippen LogP contribution in [-0.4, -0.2) is 17.9 Å². The van der Waals surface area contributed by atoms with Crippen molar-refractivity contribution in [1.82, 2.24) is 10.9 Å². The Hall–Kier alpha value is -3.80. The second-order valence-electron chi connectivity index (χ2n) is 6.87. The average molecular weight is 404 g/mol. The van der Waals surface area contributed by atoms with Crippen LogP contribution in [-0.2, 0) is 6.61 Å². The zero-order chi connectivity index (χ0) is 21.3. The molecular weight excluding hydrogens is 380 g/mol. The van der Waals surface area contributed by atoms with Crippen LogP contribution in [0.4, 0.5) is 0 Å². The highest BCUT2D eigenvalue weighted by molar-refractivity contribution is 6.00. The van der Waals surface area contributed by atoms with E-state index in [0.717, 1.165) is 5.56 Å². The van der Waals surface area contributed by atoms with E-state index in [2.05, 4.69) is 10.9 Å². The van der Waals surface area contributed by atoms with Gasteiger partial charge in [0, 0.05) is 5.56 Å². The lowest BCUT2D eigenvalue weighted by molar-refractivity contribution is 0.0843. The van der Waals surface area contributed by atoms with Gasteiger partial charge in [-0.3, -0.25) is 20.4 Å². The number of carbonyl (C=O) groups is 2. The molecule has 2 amide bonds. The van der Waals surface area contributed by atoms with Crippen LogP contribution in [0.25, 0.3) is 0 Å². The third-order valence-electron chi connectivity index (χ3n) is 4.15. The molecule has 154 valence electrons. The summed E-state index contributed by atoms with van der Waals surface area (Å²) in [6.07, 6.45) is -0.0730. The van der Waals surface area contributed by atoms with Gasteiger partial charge in [0.15, 0.2) is 0 Å². The molecule has 0 saturated heterocycles. The second-order valence-corrected chi connectivity index (χ2v) is 6.87. The average Bonchev–Trinajstić information content (AvgIpc) is 2.77. The van der Waals surface area contributed by atoms with E-state index < -0.39 is 11.8 Å². The summed E-state index contributed by atoms with van der Waals surface area (Å²) in [4.78, 5) is 24.8. The number of carbonyl (C=O) groups excluding carboxylic acids is 2. The van der Waals surface area contributed by atoms with E-state index in [1.54, 1.807) is 48.5 Å². The van der Waals surface area contributed by atoms with Crippen molar-refractivity contribution >= 4 is 11.8 Å². The summed E-state index contributed by atoms with van der Waals surface area (Å²) in [6, 6.07) is 23.4. The van der Waals surface area contributed by atoms with E-state index >= 15 is 0 Å². The highest BCUT2D eigenvalue weighted by Crippen LogP contribution is 2.19. The first-order valence-corrected chi connectivity index (χ1v) is 9.66. The first kappa shape index (κ1) is 20.9. The highest BCUT2D eigenvalue weighted by Gasteiger charge is 2.14. The fourth-order valence-corrected chi connectivity index (χ4v) is 2.71. The summed E-state index contributed by atoms with van der Waals surface area (Å²) in [7, 11) is 0. The van der Waals surface area contributed by atoms with Gasteiger partial charge >= 0.3 is 0 Å². The summed E-state index contributed by atoms with van der Waals surface area (Å²) in [6.45, 7) is 4.20. The van der Waals surface area contributed by atoms with Crippen LogP contribution in [0.5, 0.6) is 11.5 Å². The van der Waals surface area contributed by atoms with Crippen LogP contribution >= 0.6 is 0 Å². The predicted molar refractivity (Wildman–Crippen MR) is 114 cm³/mol. The number of para-hydroxylation sites is 1. The highest BCUT2D eigenvalue weighted by atomic mass is 16.5.